The molecule has 0 fully saturated rings. The highest BCUT2D eigenvalue weighted by Gasteiger charge is 2.22. The Kier molecular flexibility index (Phi) is 8.96. The Morgan fingerprint density at radius 3 is 2.65 bits per heavy atom. The quantitative estimate of drug-likeness (QED) is 0.129. The monoisotopic (exact) mass is 625 g/mol. The molecule has 3 aromatic carbocycles. The van der Waals surface area contributed by atoms with Gasteiger partial charge in [-0.3, -0.25) is 19.7 Å². The van der Waals surface area contributed by atoms with Crippen LogP contribution in [0.25, 0.3) is 10.9 Å². The molecule has 0 bridgehead atoms. The largest absolute Gasteiger partial charge is 0.476 e. The van der Waals surface area contributed by atoms with Gasteiger partial charge in [0, 0.05) is 27.7 Å². The summed E-state index contributed by atoms with van der Waals surface area (Å²) in [5, 5.41) is 19.1. The van der Waals surface area contributed by atoms with Crippen LogP contribution in [0.5, 0.6) is 5.75 Å². The lowest BCUT2D eigenvalue weighted by atomic mass is 10.1. The number of nitrogens with zero attached hydrogens (tertiary/aromatic N) is 4. The normalized spacial score (nSPS) is 12.0. The summed E-state index contributed by atoms with van der Waals surface area (Å²) in [6.45, 7) is 5.33. The lowest BCUT2D eigenvalue weighted by Crippen LogP contribution is -2.23. The fourth-order valence-electron chi connectivity index (χ4n) is 3.83. The standard InChI is InChI=1S/C28H25BrClN5O5/c1-4-17(3)27-33-23-10-7-19(29)13-21(23)28(37)34(27)31-14-18-11-22(30)26(24(12-18)35(38)39)40-15-25(36)32-20-8-5-16(2)6-9-20/h5-14,17H,4,15H2,1-3H3,(H,32,36)/t17-/m1/s1. The fourth-order valence-corrected chi connectivity index (χ4v) is 4.47. The molecule has 1 atom stereocenters. The lowest BCUT2D eigenvalue weighted by molar-refractivity contribution is -0.385. The van der Waals surface area contributed by atoms with E-state index in [4.69, 9.17) is 16.3 Å². The van der Waals surface area contributed by atoms with Crippen LogP contribution in [-0.2, 0) is 4.79 Å². The Balaban J connectivity index is 1.64. The van der Waals surface area contributed by atoms with Crippen molar-refractivity contribution in [3.05, 3.63) is 102 Å². The van der Waals surface area contributed by atoms with Crippen molar-refractivity contribution in [2.24, 2.45) is 5.10 Å². The summed E-state index contributed by atoms with van der Waals surface area (Å²) in [7, 11) is 0. The first-order valence-corrected chi connectivity index (χ1v) is 13.5. The summed E-state index contributed by atoms with van der Waals surface area (Å²) >= 11 is 9.72. The maximum absolute atomic E-state index is 13.3. The summed E-state index contributed by atoms with van der Waals surface area (Å²) in [4.78, 5) is 41.5. The molecule has 0 saturated heterocycles. The SMILES string of the molecule is CC[C@@H](C)c1nc2ccc(Br)cc2c(=O)n1N=Cc1cc(Cl)c(OCC(=O)Nc2ccc(C)cc2)c([N+](=O)[O-])c1. The van der Waals surface area contributed by atoms with Gasteiger partial charge in [-0.2, -0.15) is 9.78 Å². The zero-order chi connectivity index (χ0) is 29.0. The number of aromatic nitrogens is 2. The number of rotatable bonds is 9. The zero-order valence-electron chi connectivity index (χ0n) is 21.9. The molecule has 0 radical (unpaired) electrons. The van der Waals surface area contributed by atoms with Crippen LogP contribution in [0.2, 0.25) is 5.02 Å². The molecule has 1 N–H and O–H groups in total. The van der Waals surface area contributed by atoms with E-state index in [2.05, 4.69) is 31.3 Å². The number of carbonyl (C=O) groups is 1. The molecule has 1 heterocycles. The molecule has 4 aromatic rings. The second-order valence-corrected chi connectivity index (χ2v) is 10.4. The van der Waals surface area contributed by atoms with E-state index in [1.165, 1.54) is 23.0 Å². The topological polar surface area (TPSA) is 129 Å². The van der Waals surface area contributed by atoms with Gasteiger partial charge in [-0.1, -0.05) is 59.1 Å². The van der Waals surface area contributed by atoms with Gasteiger partial charge < -0.3 is 10.1 Å². The van der Waals surface area contributed by atoms with E-state index in [-0.39, 0.29) is 27.8 Å². The summed E-state index contributed by atoms with van der Waals surface area (Å²) in [6.07, 6.45) is 2.01. The molecular formula is C28H25BrClN5O5. The Bertz CT molecular complexity index is 1690. The first kappa shape index (κ1) is 28.9. The Morgan fingerprint density at radius 2 is 1.98 bits per heavy atom. The zero-order valence-corrected chi connectivity index (χ0v) is 24.2. The first-order chi connectivity index (χ1) is 19.1. The maximum atomic E-state index is 13.3. The van der Waals surface area contributed by atoms with E-state index in [1.807, 2.05) is 32.9 Å². The van der Waals surface area contributed by atoms with Crippen LogP contribution in [0, 0.1) is 17.0 Å². The van der Waals surface area contributed by atoms with Crippen LogP contribution in [0.4, 0.5) is 11.4 Å². The minimum absolute atomic E-state index is 0.0855. The molecule has 1 aromatic heterocycles. The van der Waals surface area contributed by atoms with Crippen LogP contribution in [0.15, 0.2) is 69.0 Å². The molecule has 0 saturated carbocycles. The molecule has 1 amide bonds. The highest BCUT2D eigenvalue weighted by molar-refractivity contribution is 9.10. The van der Waals surface area contributed by atoms with Crippen molar-refractivity contribution in [2.45, 2.75) is 33.1 Å². The van der Waals surface area contributed by atoms with E-state index in [0.29, 0.717) is 28.8 Å². The van der Waals surface area contributed by atoms with Gasteiger partial charge in [0.15, 0.2) is 6.61 Å². The van der Waals surface area contributed by atoms with Gasteiger partial charge in [0.25, 0.3) is 11.5 Å². The van der Waals surface area contributed by atoms with Crippen molar-refractivity contribution < 1.29 is 14.5 Å². The molecule has 0 aliphatic carbocycles. The molecule has 0 spiro atoms. The minimum atomic E-state index is -0.664. The van der Waals surface area contributed by atoms with Crippen molar-refractivity contribution in [1.82, 2.24) is 9.66 Å². The average molecular weight is 627 g/mol. The van der Waals surface area contributed by atoms with Crippen molar-refractivity contribution >= 4 is 61.9 Å². The number of ether oxygens (including phenoxy) is 1. The number of anilines is 1. The van der Waals surface area contributed by atoms with Gasteiger partial charge in [-0.05, 0) is 49.7 Å². The van der Waals surface area contributed by atoms with Gasteiger partial charge >= 0.3 is 5.69 Å². The number of hydrogen-bond acceptors (Lipinski definition) is 7. The van der Waals surface area contributed by atoms with E-state index in [0.717, 1.165) is 10.0 Å². The smallest absolute Gasteiger partial charge is 0.313 e. The first-order valence-electron chi connectivity index (χ1n) is 12.3. The number of benzene rings is 3. The van der Waals surface area contributed by atoms with Crippen molar-refractivity contribution in [3.63, 3.8) is 0 Å². The van der Waals surface area contributed by atoms with Crippen LogP contribution in [-0.4, -0.2) is 33.3 Å². The molecule has 12 heteroatoms. The third-order valence-electron chi connectivity index (χ3n) is 6.13. The number of nitro benzene ring substituents is 1. The van der Waals surface area contributed by atoms with Crippen molar-refractivity contribution in [2.75, 3.05) is 11.9 Å². The second kappa shape index (κ2) is 12.4. The molecule has 0 unspecified atom stereocenters. The van der Waals surface area contributed by atoms with E-state index >= 15 is 0 Å². The maximum Gasteiger partial charge on any atom is 0.313 e. The van der Waals surface area contributed by atoms with Gasteiger partial charge in [0.2, 0.25) is 5.75 Å². The van der Waals surface area contributed by atoms with Crippen LogP contribution < -0.4 is 15.6 Å². The number of halogens is 2. The van der Waals surface area contributed by atoms with Crippen LogP contribution in [0.3, 0.4) is 0 Å². The van der Waals surface area contributed by atoms with Gasteiger partial charge in [-0.15, -0.1) is 0 Å². The Hall–Kier alpha value is -4.09. The average Bonchev–Trinajstić information content (AvgIpc) is 2.92. The minimum Gasteiger partial charge on any atom is -0.476 e. The Labute approximate surface area is 242 Å². The second-order valence-electron chi connectivity index (χ2n) is 9.11. The van der Waals surface area contributed by atoms with E-state index in [1.54, 1.807) is 30.3 Å². The van der Waals surface area contributed by atoms with E-state index < -0.39 is 23.1 Å². The predicted molar refractivity (Wildman–Crippen MR) is 159 cm³/mol. The number of aryl methyl sites for hydroxylation is 1. The number of fused-ring (bicyclic) bond motifs is 1. The van der Waals surface area contributed by atoms with Crippen LogP contribution in [0.1, 0.15) is 43.1 Å². The Morgan fingerprint density at radius 1 is 1.25 bits per heavy atom. The number of hydrogen-bond donors (Lipinski definition) is 1. The summed E-state index contributed by atoms with van der Waals surface area (Å²) < 4.78 is 7.36. The summed E-state index contributed by atoms with van der Waals surface area (Å²) in [5.41, 5.74) is 1.57. The van der Waals surface area contributed by atoms with Crippen molar-refractivity contribution in [3.8, 4) is 5.75 Å². The summed E-state index contributed by atoms with van der Waals surface area (Å²) in [6, 6.07) is 15.0. The van der Waals surface area contributed by atoms with Gasteiger partial charge in [0.05, 0.1) is 27.1 Å². The fraction of sp³-hybridized carbons (Fsp3) is 0.214. The molecule has 10 nitrogen and oxygen atoms in total. The highest BCUT2D eigenvalue weighted by Crippen LogP contribution is 2.36. The number of carbonyl (C=O) groups excluding carboxylic acids is 1. The molecular weight excluding hydrogens is 602 g/mol. The third-order valence-corrected chi connectivity index (χ3v) is 6.91. The lowest BCUT2D eigenvalue weighted by Gasteiger charge is -2.14. The molecule has 206 valence electrons. The molecule has 40 heavy (non-hydrogen) atoms. The molecule has 0 aliphatic rings. The predicted octanol–water partition coefficient (Wildman–Crippen LogP) is 6.44. The number of nitrogens with one attached hydrogen (secondary N) is 1. The van der Waals surface area contributed by atoms with Crippen molar-refractivity contribution in [1.29, 1.82) is 0 Å². The molecule has 4 rings (SSSR count). The number of amides is 1. The highest BCUT2D eigenvalue weighted by atomic mass is 79.9. The summed E-state index contributed by atoms with van der Waals surface area (Å²) in [5.74, 6) is -0.388. The third kappa shape index (κ3) is 6.54. The van der Waals surface area contributed by atoms with Crippen LogP contribution >= 0.6 is 27.5 Å². The van der Waals surface area contributed by atoms with Gasteiger partial charge in [-0.25, -0.2) is 4.98 Å². The van der Waals surface area contributed by atoms with E-state index in [9.17, 15) is 19.7 Å². The molecule has 0 aliphatic heterocycles. The van der Waals surface area contributed by atoms with Gasteiger partial charge in [0.1, 0.15) is 5.82 Å². The number of nitro groups is 1.